The Balaban J connectivity index is 1.98. The number of amides is 1. The first-order valence-electron chi connectivity index (χ1n) is 6.88. The van der Waals surface area contributed by atoms with Gasteiger partial charge >= 0.3 is 5.97 Å². The number of nitrogens with zero attached hydrogens (tertiary/aromatic N) is 1. The molecule has 1 fully saturated rings. The number of likely N-dealkylation sites (tertiary alicyclic amines) is 1. The Morgan fingerprint density at radius 3 is 2.81 bits per heavy atom. The summed E-state index contributed by atoms with van der Waals surface area (Å²) in [5.74, 6) is -1.26. The molecule has 1 aliphatic heterocycles. The summed E-state index contributed by atoms with van der Waals surface area (Å²) in [5, 5.41) is 0. The summed E-state index contributed by atoms with van der Waals surface area (Å²) < 4.78 is 23.3. The zero-order valence-electron chi connectivity index (χ0n) is 11.9. The average molecular weight is 295 g/mol. The maximum Gasteiger partial charge on any atom is 0.328 e. The molecule has 2 rings (SSSR count). The monoisotopic (exact) mass is 295 g/mol. The van der Waals surface area contributed by atoms with Gasteiger partial charge in [0.15, 0.2) is 18.2 Å². The van der Waals surface area contributed by atoms with Gasteiger partial charge < -0.3 is 14.4 Å². The maximum atomic E-state index is 13.4. The molecule has 0 N–H and O–H groups in total. The molecule has 5 nitrogen and oxygen atoms in total. The lowest BCUT2D eigenvalue weighted by atomic mass is 10.0. The zero-order valence-corrected chi connectivity index (χ0v) is 11.9. The molecule has 0 aromatic heterocycles. The Morgan fingerprint density at radius 1 is 1.33 bits per heavy atom. The molecule has 21 heavy (non-hydrogen) atoms. The van der Waals surface area contributed by atoms with E-state index in [9.17, 15) is 14.0 Å². The van der Waals surface area contributed by atoms with Gasteiger partial charge in [-0.3, -0.25) is 4.79 Å². The third-order valence-corrected chi connectivity index (χ3v) is 3.48. The summed E-state index contributed by atoms with van der Waals surface area (Å²) in [4.78, 5) is 25.3. The third-order valence-electron chi connectivity index (χ3n) is 3.48. The van der Waals surface area contributed by atoms with Crippen molar-refractivity contribution in [3.8, 4) is 5.75 Å². The molecule has 1 atom stereocenters. The van der Waals surface area contributed by atoms with Crippen LogP contribution in [0.3, 0.4) is 0 Å². The molecule has 0 spiro atoms. The zero-order chi connectivity index (χ0) is 15.2. The molecule has 114 valence electrons. The van der Waals surface area contributed by atoms with Crippen LogP contribution in [0.1, 0.15) is 19.3 Å². The van der Waals surface area contributed by atoms with Crippen molar-refractivity contribution >= 4 is 11.9 Å². The number of esters is 1. The van der Waals surface area contributed by atoms with Crippen molar-refractivity contribution in [2.75, 3.05) is 20.3 Å². The van der Waals surface area contributed by atoms with Crippen molar-refractivity contribution in [3.63, 3.8) is 0 Å². The summed E-state index contributed by atoms with van der Waals surface area (Å²) >= 11 is 0. The Labute approximate surface area is 122 Å². The van der Waals surface area contributed by atoms with Crippen LogP contribution >= 0.6 is 0 Å². The fourth-order valence-electron chi connectivity index (χ4n) is 2.40. The van der Waals surface area contributed by atoms with Gasteiger partial charge in [0.25, 0.3) is 5.91 Å². The Morgan fingerprint density at radius 2 is 2.10 bits per heavy atom. The lowest BCUT2D eigenvalue weighted by molar-refractivity contribution is -0.155. The van der Waals surface area contributed by atoms with E-state index in [1.807, 2.05) is 0 Å². The highest BCUT2D eigenvalue weighted by Gasteiger charge is 2.32. The number of benzene rings is 1. The van der Waals surface area contributed by atoms with Gasteiger partial charge in [-0.1, -0.05) is 12.1 Å². The van der Waals surface area contributed by atoms with Crippen LogP contribution in [-0.4, -0.2) is 43.1 Å². The molecule has 0 bridgehead atoms. The summed E-state index contributed by atoms with van der Waals surface area (Å²) in [7, 11) is 1.30. The predicted molar refractivity (Wildman–Crippen MR) is 73.3 cm³/mol. The number of piperidine rings is 1. The van der Waals surface area contributed by atoms with Crippen LogP contribution < -0.4 is 4.74 Å². The molecule has 1 aromatic rings. The van der Waals surface area contributed by atoms with Crippen molar-refractivity contribution in [3.05, 3.63) is 30.1 Å². The first kappa shape index (κ1) is 15.3. The second-order valence-corrected chi connectivity index (χ2v) is 4.84. The van der Waals surface area contributed by atoms with E-state index in [-0.39, 0.29) is 18.3 Å². The van der Waals surface area contributed by atoms with E-state index >= 15 is 0 Å². The van der Waals surface area contributed by atoms with Crippen LogP contribution in [0.5, 0.6) is 5.75 Å². The van der Waals surface area contributed by atoms with Crippen molar-refractivity contribution in [2.24, 2.45) is 0 Å². The molecule has 0 aliphatic carbocycles. The molecular weight excluding hydrogens is 277 g/mol. The number of ether oxygens (including phenoxy) is 2. The smallest absolute Gasteiger partial charge is 0.328 e. The van der Waals surface area contributed by atoms with Gasteiger partial charge in [0.1, 0.15) is 6.04 Å². The molecule has 1 amide bonds. The lowest BCUT2D eigenvalue weighted by Crippen LogP contribution is -2.50. The summed E-state index contributed by atoms with van der Waals surface area (Å²) in [5.41, 5.74) is 0. The summed E-state index contributed by atoms with van der Waals surface area (Å²) in [6, 6.07) is 5.32. The molecule has 1 saturated heterocycles. The van der Waals surface area contributed by atoms with Crippen molar-refractivity contribution in [1.82, 2.24) is 4.90 Å². The number of methoxy groups -OCH3 is 1. The number of rotatable bonds is 4. The van der Waals surface area contributed by atoms with E-state index in [4.69, 9.17) is 9.47 Å². The highest BCUT2D eigenvalue weighted by atomic mass is 19.1. The Hall–Kier alpha value is -2.11. The van der Waals surface area contributed by atoms with Crippen molar-refractivity contribution < 1.29 is 23.5 Å². The van der Waals surface area contributed by atoms with E-state index in [2.05, 4.69) is 0 Å². The van der Waals surface area contributed by atoms with E-state index in [1.54, 1.807) is 12.1 Å². The Bertz CT molecular complexity index is 520. The second-order valence-electron chi connectivity index (χ2n) is 4.84. The summed E-state index contributed by atoms with van der Waals surface area (Å²) in [6.45, 7) is 0.188. The van der Waals surface area contributed by atoms with Crippen LogP contribution in [0.15, 0.2) is 24.3 Å². The number of carbonyl (C=O) groups excluding carboxylic acids is 2. The minimum Gasteiger partial charge on any atom is -0.481 e. The maximum absolute atomic E-state index is 13.4. The number of para-hydroxylation sites is 1. The molecule has 1 aromatic carbocycles. The van der Waals surface area contributed by atoms with E-state index in [0.717, 1.165) is 12.8 Å². The van der Waals surface area contributed by atoms with Crippen LogP contribution in [0, 0.1) is 5.82 Å². The molecule has 6 heteroatoms. The average Bonchev–Trinajstić information content (AvgIpc) is 2.53. The molecule has 0 radical (unpaired) electrons. The largest absolute Gasteiger partial charge is 0.481 e. The number of carbonyl (C=O) groups is 2. The SMILES string of the molecule is COC(=O)[C@H]1CCCCN1C(=O)COc1ccccc1F. The highest BCUT2D eigenvalue weighted by Crippen LogP contribution is 2.19. The first-order chi connectivity index (χ1) is 10.1. The topological polar surface area (TPSA) is 55.8 Å². The number of hydrogen-bond acceptors (Lipinski definition) is 4. The lowest BCUT2D eigenvalue weighted by Gasteiger charge is -2.33. The fraction of sp³-hybridized carbons (Fsp3) is 0.467. The van der Waals surface area contributed by atoms with Crippen LogP contribution in [0.2, 0.25) is 0 Å². The molecule has 0 unspecified atom stereocenters. The highest BCUT2D eigenvalue weighted by molar-refractivity contribution is 5.85. The number of halogens is 1. The quantitative estimate of drug-likeness (QED) is 0.794. The molecule has 1 heterocycles. The van der Waals surface area contributed by atoms with Gasteiger partial charge in [0.05, 0.1) is 7.11 Å². The van der Waals surface area contributed by atoms with Crippen molar-refractivity contribution in [1.29, 1.82) is 0 Å². The first-order valence-corrected chi connectivity index (χ1v) is 6.88. The van der Waals surface area contributed by atoms with Crippen molar-refractivity contribution in [2.45, 2.75) is 25.3 Å². The van der Waals surface area contributed by atoms with Gasteiger partial charge in [-0.25, -0.2) is 9.18 Å². The fourth-order valence-corrected chi connectivity index (χ4v) is 2.40. The van der Waals surface area contributed by atoms with E-state index < -0.39 is 17.8 Å². The van der Waals surface area contributed by atoms with E-state index in [0.29, 0.717) is 13.0 Å². The van der Waals surface area contributed by atoms with Crippen LogP contribution in [0.25, 0.3) is 0 Å². The van der Waals surface area contributed by atoms with Gasteiger partial charge in [-0.2, -0.15) is 0 Å². The van der Waals surface area contributed by atoms with Gasteiger partial charge in [-0.05, 0) is 31.4 Å². The van der Waals surface area contributed by atoms with Gasteiger partial charge in [-0.15, -0.1) is 0 Å². The predicted octanol–water partition coefficient (Wildman–Crippen LogP) is 1.76. The number of hydrogen-bond donors (Lipinski definition) is 0. The van der Waals surface area contributed by atoms with Crippen LogP contribution in [-0.2, 0) is 14.3 Å². The molecular formula is C15H18FNO4. The van der Waals surface area contributed by atoms with E-state index in [1.165, 1.54) is 24.1 Å². The second kappa shape index (κ2) is 7.06. The van der Waals surface area contributed by atoms with Gasteiger partial charge in [0, 0.05) is 6.54 Å². The third kappa shape index (κ3) is 3.71. The minimum atomic E-state index is -0.569. The minimum absolute atomic E-state index is 0.0254. The summed E-state index contributed by atoms with van der Waals surface area (Å²) in [6.07, 6.45) is 2.29. The van der Waals surface area contributed by atoms with Crippen LogP contribution in [0.4, 0.5) is 4.39 Å². The molecule has 1 aliphatic rings. The standard InChI is InChI=1S/C15H18FNO4/c1-20-15(19)12-7-4-5-9-17(12)14(18)10-21-13-8-3-2-6-11(13)16/h2-3,6,8,12H,4-5,7,9-10H2,1H3/t12-/m1/s1. The molecule has 0 saturated carbocycles. The van der Waals surface area contributed by atoms with Gasteiger partial charge in [0.2, 0.25) is 0 Å². The normalized spacial score (nSPS) is 18.2. The Kier molecular flexibility index (Phi) is 5.14.